The molecule has 5 nitrogen and oxygen atoms in total. The van der Waals surface area contributed by atoms with E-state index in [9.17, 15) is 10.1 Å². The van der Waals surface area contributed by atoms with Crippen LogP contribution in [-0.4, -0.2) is 16.1 Å². The van der Waals surface area contributed by atoms with Crippen molar-refractivity contribution in [3.05, 3.63) is 46.0 Å². The Morgan fingerprint density at radius 3 is 2.86 bits per heavy atom. The molecule has 0 atom stereocenters. The molecule has 0 aliphatic heterocycles. The Balaban J connectivity index is 2.15. The number of benzene rings is 1. The first-order valence-corrected chi connectivity index (χ1v) is 7.77. The van der Waals surface area contributed by atoms with Crippen molar-refractivity contribution in [2.24, 2.45) is 0 Å². The minimum Gasteiger partial charge on any atom is -0.296 e. The minimum atomic E-state index is -0.468. The number of aromatic nitrogens is 2. The average Bonchev–Trinajstić information content (AvgIpc) is 2.94. The number of nitriles is 1. The second-order valence-electron chi connectivity index (χ2n) is 4.73. The Hall–Kier alpha value is -2.52. The zero-order valence-electron chi connectivity index (χ0n) is 12.5. The van der Waals surface area contributed by atoms with Gasteiger partial charge in [-0.1, -0.05) is 42.5 Å². The van der Waals surface area contributed by atoms with Crippen molar-refractivity contribution in [3.63, 3.8) is 0 Å². The van der Waals surface area contributed by atoms with Gasteiger partial charge in [0.1, 0.15) is 16.6 Å². The van der Waals surface area contributed by atoms with Crippen LogP contribution in [0.5, 0.6) is 0 Å². The maximum Gasteiger partial charge on any atom is 0.268 e. The van der Waals surface area contributed by atoms with Gasteiger partial charge < -0.3 is 0 Å². The quantitative estimate of drug-likeness (QED) is 0.678. The van der Waals surface area contributed by atoms with Crippen LogP contribution in [0.4, 0.5) is 5.13 Å². The third-order valence-corrected chi connectivity index (χ3v) is 3.90. The molecular formula is C16H16N4OS. The van der Waals surface area contributed by atoms with Gasteiger partial charge >= 0.3 is 0 Å². The lowest BCUT2D eigenvalue weighted by Gasteiger charge is -2.02. The molecule has 0 saturated carbocycles. The third kappa shape index (κ3) is 3.99. The number of carbonyl (C=O) groups excluding carboxylic acids is 1. The Kier molecular flexibility index (Phi) is 5.39. The van der Waals surface area contributed by atoms with Crippen molar-refractivity contribution in [1.82, 2.24) is 10.2 Å². The van der Waals surface area contributed by atoms with Gasteiger partial charge in [0.05, 0.1) is 0 Å². The number of hydrogen-bond donors (Lipinski definition) is 1. The van der Waals surface area contributed by atoms with Crippen molar-refractivity contribution in [2.45, 2.75) is 26.7 Å². The fourth-order valence-electron chi connectivity index (χ4n) is 1.84. The summed E-state index contributed by atoms with van der Waals surface area (Å²) in [5, 5.41) is 21.0. The van der Waals surface area contributed by atoms with Crippen molar-refractivity contribution in [3.8, 4) is 6.07 Å². The maximum atomic E-state index is 12.2. The van der Waals surface area contributed by atoms with E-state index in [1.165, 1.54) is 11.3 Å². The predicted octanol–water partition coefficient (Wildman–Crippen LogP) is 3.34. The molecule has 0 spiro atoms. The van der Waals surface area contributed by atoms with Crippen LogP contribution in [0.1, 0.15) is 29.5 Å². The summed E-state index contributed by atoms with van der Waals surface area (Å²) in [6.45, 7) is 3.98. The van der Waals surface area contributed by atoms with E-state index in [0.29, 0.717) is 5.13 Å². The largest absolute Gasteiger partial charge is 0.296 e. The molecule has 112 valence electrons. The maximum absolute atomic E-state index is 12.2. The lowest BCUT2D eigenvalue weighted by atomic mass is 10.1. The van der Waals surface area contributed by atoms with Crippen molar-refractivity contribution in [1.29, 1.82) is 5.26 Å². The highest BCUT2D eigenvalue weighted by Gasteiger charge is 2.13. The first kappa shape index (κ1) is 15.9. The molecule has 0 aliphatic carbocycles. The van der Waals surface area contributed by atoms with E-state index < -0.39 is 5.91 Å². The topological polar surface area (TPSA) is 78.7 Å². The number of rotatable bonds is 5. The molecule has 6 heteroatoms. The van der Waals surface area contributed by atoms with E-state index in [-0.39, 0.29) is 5.57 Å². The second kappa shape index (κ2) is 7.48. The molecule has 0 aliphatic rings. The van der Waals surface area contributed by atoms with Crippen LogP contribution >= 0.6 is 11.3 Å². The van der Waals surface area contributed by atoms with Gasteiger partial charge in [0, 0.05) is 6.42 Å². The highest BCUT2D eigenvalue weighted by Crippen LogP contribution is 2.18. The lowest BCUT2D eigenvalue weighted by Crippen LogP contribution is -2.13. The first-order chi connectivity index (χ1) is 10.6. The van der Waals surface area contributed by atoms with Gasteiger partial charge in [-0.3, -0.25) is 10.1 Å². The molecule has 0 fully saturated rings. The SMILES string of the molecule is CCCc1nnc(NC(=O)/C(C#N)=C\c2ccccc2C)s1. The van der Waals surface area contributed by atoms with E-state index in [2.05, 4.69) is 22.4 Å². The van der Waals surface area contributed by atoms with Crippen LogP contribution in [0.3, 0.4) is 0 Å². The molecule has 0 radical (unpaired) electrons. The van der Waals surface area contributed by atoms with E-state index in [0.717, 1.165) is 29.0 Å². The molecule has 0 saturated heterocycles. The second-order valence-corrected chi connectivity index (χ2v) is 5.79. The fourth-order valence-corrected chi connectivity index (χ4v) is 2.67. The minimum absolute atomic E-state index is 0.0431. The summed E-state index contributed by atoms with van der Waals surface area (Å²) in [6, 6.07) is 9.51. The Morgan fingerprint density at radius 2 is 2.18 bits per heavy atom. The molecule has 22 heavy (non-hydrogen) atoms. The molecule has 1 aromatic carbocycles. The Morgan fingerprint density at radius 1 is 1.41 bits per heavy atom. The van der Waals surface area contributed by atoms with Crippen LogP contribution in [0.15, 0.2) is 29.8 Å². The van der Waals surface area contributed by atoms with Crippen LogP contribution < -0.4 is 5.32 Å². The number of anilines is 1. The number of nitrogens with one attached hydrogen (secondary N) is 1. The number of nitrogens with zero attached hydrogens (tertiary/aromatic N) is 3. The highest BCUT2D eigenvalue weighted by molar-refractivity contribution is 7.15. The number of aryl methyl sites for hydroxylation is 2. The molecular weight excluding hydrogens is 296 g/mol. The third-order valence-electron chi connectivity index (χ3n) is 3.00. The zero-order valence-corrected chi connectivity index (χ0v) is 13.3. The summed E-state index contributed by atoms with van der Waals surface area (Å²) < 4.78 is 0. The summed E-state index contributed by atoms with van der Waals surface area (Å²) in [4.78, 5) is 12.2. The smallest absolute Gasteiger partial charge is 0.268 e. The van der Waals surface area contributed by atoms with Crippen LogP contribution in [-0.2, 0) is 11.2 Å². The molecule has 0 unspecified atom stereocenters. The molecule has 2 rings (SSSR count). The summed E-state index contributed by atoms with van der Waals surface area (Å²) >= 11 is 1.33. The lowest BCUT2D eigenvalue weighted by molar-refractivity contribution is -0.112. The monoisotopic (exact) mass is 312 g/mol. The van der Waals surface area contributed by atoms with E-state index >= 15 is 0 Å². The molecule has 0 bridgehead atoms. The summed E-state index contributed by atoms with van der Waals surface area (Å²) in [5.41, 5.74) is 1.89. The van der Waals surface area contributed by atoms with Crippen molar-refractivity contribution in [2.75, 3.05) is 5.32 Å². The van der Waals surface area contributed by atoms with Gasteiger partial charge in [-0.15, -0.1) is 10.2 Å². The number of amides is 1. The number of carbonyl (C=O) groups is 1. The summed E-state index contributed by atoms with van der Waals surface area (Å²) in [5.74, 6) is -0.468. The Bertz CT molecular complexity index is 743. The predicted molar refractivity (Wildman–Crippen MR) is 87.3 cm³/mol. The van der Waals surface area contributed by atoms with Gasteiger partial charge in [0.2, 0.25) is 5.13 Å². The first-order valence-electron chi connectivity index (χ1n) is 6.95. The van der Waals surface area contributed by atoms with Crippen molar-refractivity contribution >= 4 is 28.5 Å². The van der Waals surface area contributed by atoms with Crippen LogP contribution in [0.2, 0.25) is 0 Å². The summed E-state index contributed by atoms with van der Waals surface area (Å²) in [7, 11) is 0. The number of hydrogen-bond acceptors (Lipinski definition) is 5. The van der Waals surface area contributed by atoms with E-state index in [1.807, 2.05) is 37.3 Å². The van der Waals surface area contributed by atoms with E-state index in [1.54, 1.807) is 6.08 Å². The molecule has 1 aromatic heterocycles. The molecule has 1 N–H and O–H groups in total. The van der Waals surface area contributed by atoms with E-state index in [4.69, 9.17) is 0 Å². The summed E-state index contributed by atoms with van der Waals surface area (Å²) in [6.07, 6.45) is 3.38. The molecule has 2 aromatic rings. The molecule has 1 amide bonds. The normalized spacial score (nSPS) is 11.0. The fraction of sp³-hybridized carbons (Fsp3) is 0.250. The van der Waals surface area contributed by atoms with Crippen molar-refractivity contribution < 1.29 is 4.79 Å². The molecule has 1 heterocycles. The highest BCUT2D eigenvalue weighted by atomic mass is 32.1. The Labute approximate surface area is 133 Å². The van der Waals surface area contributed by atoms with Crippen LogP contribution in [0, 0.1) is 18.3 Å². The zero-order chi connectivity index (χ0) is 15.9. The van der Waals surface area contributed by atoms with Gasteiger partial charge in [-0.05, 0) is 30.5 Å². The average molecular weight is 312 g/mol. The standard InChI is InChI=1S/C16H16N4OS/c1-3-6-14-19-20-16(22-14)18-15(21)13(10-17)9-12-8-5-4-7-11(12)2/h4-5,7-9H,3,6H2,1-2H3,(H,18,20,21)/b13-9-. The van der Waals surface area contributed by atoms with Gasteiger partial charge in [0.25, 0.3) is 5.91 Å². The van der Waals surface area contributed by atoms with Gasteiger partial charge in [0.15, 0.2) is 0 Å². The van der Waals surface area contributed by atoms with Crippen LogP contribution in [0.25, 0.3) is 6.08 Å². The van der Waals surface area contributed by atoms with Gasteiger partial charge in [-0.2, -0.15) is 5.26 Å². The van der Waals surface area contributed by atoms with Gasteiger partial charge in [-0.25, -0.2) is 0 Å².